The van der Waals surface area contributed by atoms with Gasteiger partial charge in [0.25, 0.3) is 0 Å². The lowest BCUT2D eigenvalue weighted by atomic mass is 9.92. The zero-order valence-electron chi connectivity index (χ0n) is 19.4. The predicted molar refractivity (Wildman–Crippen MR) is 128 cm³/mol. The number of carbonyl (C=O) groups is 1. The van der Waals surface area contributed by atoms with Crippen LogP contribution in [0.2, 0.25) is 0 Å². The van der Waals surface area contributed by atoms with Crippen molar-refractivity contribution < 1.29 is 15.0 Å². The summed E-state index contributed by atoms with van der Waals surface area (Å²) >= 11 is 0. The van der Waals surface area contributed by atoms with Gasteiger partial charge in [0.1, 0.15) is 12.3 Å². The second kappa shape index (κ2) is 10.1. The first-order valence-electron chi connectivity index (χ1n) is 11.3. The molecule has 0 aliphatic carbocycles. The summed E-state index contributed by atoms with van der Waals surface area (Å²) in [4.78, 5) is 16.0. The Labute approximate surface area is 198 Å². The molecule has 1 aliphatic heterocycles. The molecule has 9 heteroatoms. The molecule has 1 fully saturated rings. The van der Waals surface area contributed by atoms with Gasteiger partial charge in [-0.05, 0) is 47.5 Å². The molecule has 1 aliphatic rings. The van der Waals surface area contributed by atoms with Crippen molar-refractivity contribution in [1.82, 2.24) is 30.0 Å². The number of hydrogen-bond donors (Lipinski definition) is 2. The highest BCUT2D eigenvalue weighted by atomic mass is 16.4. The molecule has 2 N–H and O–H groups in total. The lowest BCUT2D eigenvalue weighted by molar-refractivity contribution is -0.137. The largest absolute Gasteiger partial charge is 0.508 e. The summed E-state index contributed by atoms with van der Waals surface area (Å²) in [5.74, 6) is -0.367. The number of aromatic hydroxyl groups is 1. The molecule has 1 saturated heterocycles. The summed E-state index contributed by atoms with van der Waals surface area (Å²) in [6.07, 6.45) is 1.95. The average Bonchev–Trinajstić information content (AvgIpc) is 3.25. The van der Waals surface area contributed by atoms with Gasteiger partial charge in [0.05, 0.1) is 6.04 Å². The minimum Gasteiger partial charge on any atom is -0.508 e. The van der Waals surface area contributed by atoms with Crippen molar-refractivity contribution in [3.05, 3.63) is 72.3 Å². The van der Waals surface area contributed by atoms with Crippen LogP contribution in [0, 0.1) is 0 Å². The molecule has 0 spiro atoms. The third kappa shape index (κ3) is 5.00. The van der Waals surface area contributed by atoms with Gasteiger partial charge in [0.15, 0.2) is 5.82 Å². The van der Waals surface area contributed by atoms with Crippen LogP contribution in [0.3, 0.4) is 0 Å². The highest BCUT2D eigenvalue weighted by Crippen LogP contribution is 2.35. The van der Waals surface area contributed by atoms with Gasteiger partial charge in [0, 0.05) is 37.3 Å². The van der Waals surface area contributed by atoms with Crippen LogP contribution in [0.5, 0.6) is 5.75 Å². The van der Waals surface area contributed by atoms with Crippen LogP contribution < -0.4 is 0 Å². The summed E-state index contributed by atoms with van der Waals surface area (Å²) in [6, 6.07) is 15.9. The number of rotatable bonds is 8. The highest BCUT2D eigenvalue weighted by Gasteiger charge is 2.34. The fourth-order valence-corrected chi connectivity index (χ4v) is 4.74. The van der Waals surface area contributed by atoms with Crippen molar-refractivity contribution in [3.63, 3.8) is 0 Å². The van der Waals surface area contributed by atoms with Crippen LogP contribution >= 0.6 is 0 Å². The van der Waals surface area contributed by atoms with E-state index in [0.717, 1.165) is 36.3 Å². The van der Waals surface area contributed by atoms with Crippen LogP contribution in [0.15, 0.2) is 61.2 Å². The molecular formula is C25H30N6O3. The fraction of sp³-hybridized carbons (Fsp3) is 0.360. The molecule has 2 aromatic carbocycles. The second-order valence-electron chi connectivity index (χ2n) is 8.81. The molecule has 0 saturated carbocycles. The number of benzene rings is 2. The zero-order chi connectivity index (χ0) is 24.2. The number of tetrazole rings is 1. The number of carboxylic acid groups (broad SMARTS) is 1. The highest BCUT2D eigenvalue weighted by molar-refractivity contribution is 5.67. The molecule has 3 aromatic rings. The Morgan fingerprint density at radius 1 is 1.15 bits per heavy atom. The van der Waals surface area contributed by atoms with Crippen LogP contribution in [-0.4, -0.2) is 77.9 Å². The van der Waals surface area contributed by atoms with Gasteiger partial charge < -0.3 is 10.2 Å². The maximum Gasteiger partial charge on any atom is 0.325 e. The van der Waals surface area contributed by atoms with E-state index in [9.17, 15) is 9.90 Å². The van der Waals surface area contributed by atoms with Gasteiger partial charge in [-0.2, -0.15) is 0 Å². The Morgan fingerprint density at radius 2 is 1.91 bits per heavy atom. The fourth-order valence-electron chi connectivity index (χ4n) is 4.74. The first-order valence-corrected chi connectivity index (χ1v) is 11.3. The molecule has 1 aromatic heterocycles. The number of carboxylic acids is 1. The summed E-state index contributed by atoms with van der Waals surface area (Å²) < 4.78 is 1.27. The SMILES string of the molecule is C=CCN1C[C@H](C)N([C@H](c2ccc(-c3nnnn3CC(=O)O)cc2)c2cccc(O)c2)C[C@H]1C. The molecule has 2 heterocycles. The van der Waals surface area contributed by atoms with Gasteiger partial charge in [0.2, 0.25) is 0 Å². The Morgan fingerprint density at radius 3 is 2.59 bits per heavy atom. The minimum atomic E-state index is -1.01. The lowest BCUT2D eigenvalue weighted by Gasteiger charge is -2.47. The summed E-state index contributed by atoms with van der Waals surface area (Å²) in [5.41, 5.74) is 2.82. The molecule has 9 nitrogen and oxygen atoms in total. The lowest BCUT2D eigenvalue weighted by Crippen LogP contribution is -2.57. The number of nitrogens with zero attached hydrogens (tertiary/aromatic N) is 6. The normalized spacial score (nSPS) is 20.2. The van der Waals surface area contributed by atoms with Crippen molar-refractivity contribution in [3.8, 4) is 17.1 Å². The van der Waals surface area contributed by atoms with E-state index in [2.05, 4.69) is 45.8 Å². The van der Waals surface area contributed by atoms with E-state index in [4.69, 9.17) is 5.11 Å². The van der Waals surface area contributed by atoms with E-state index in [1.807, 2.05) is 48.5 Å². The number of phenols is 1. The monoisotopic (exact) mass is 462 g/mol. The molecule has 0 amide bonds. The van der Waals surface area contributed by atoms with Crippen molar-refractivity contribution in [2.75, 3.05) is 19.6 Å². The van der Waals surface area contributed by atoms with Gasteiger partial charge in [-0.25, -0.2) is 4.68 Å². The maximum atomic E-state index is 11.1. The van der Waals surface area contributed by atoms with E-state index < -0.39 is 5.97 Å². The van der Waals surface area contributed by atoms with E-state index in [0.29, 0.717) is 11.9 Å². The molecular weight excluding hydrogens is 432 g/mol. The van der Waals surface area contributed by atoms with Gasteiger partial charge in [-0.15, -0.1) is 11.7 Å². The van der Waals surface area contributed by atoms with Crippen molar-refractivity contribution in [2.24, 2.45) is 0 Å². The van der Waals surface area contributed by atoms with E-state index in [1.165, 1.54) is 4.68 Å². The Kier molecular flexibility index (Phi) is 7.04. The van der Waals surface area contributed by atoms with Crippen LogP contribution in [0.1, 0.15) is 31.0 Å². The topological polar surface area (TPSA) is 108 Å². The molecule has 0 bridgehead atoms. The summed E-state index contributed by atoms with van der Waals surface area (Å²) in [6.45, 7) is 10.7. The predicted octanol–water partition coefficient (Wildman–Crippen LogP) is 2.80. The molecule has 178 valence electrons. The standard InChI is InChI=1S/C25H30N6O3/c1-4-12-29-14-18(3)30(15-17(29)2)24(21-6-5-7-22(32)13-21)19-8-10-20(11-9-19)25-26-27-28-31(25)16-23(33)34/h4-11,13,17-18,24,32H,1,12,14-16H2,2-3H3,(H,33,34)/t17-,18+,24-/m1/s1. The van der Waals surface area contributed by atoms with Gasteiger partial charge in [-0.1, -0.05) is 42.5 Å². The van der Waals surface area contributed by atoms with Crippen molar-refractivity contribution in [2.45, 2.75) is 38.5 Å². The third-order valence-corrected chi connectivity index (χ3v) is 6.35. The number of hydrogen-bond acceptors (Lipinski definition) is 7. The van der Waals surface area contributed by atoms with Crippen molar-refractivity contribution >= 4 is 5.97 Å². The minimum absolute atomic E-state index is 0.0560. The second-order valence-corrected chi connectivity index (χ2v) is 8.81. The van der Waals surface area contributed by atoms with Gasteiger partial charge >= 0.3 is 5.97 Å². The molecule has 4 rings (SSSR count). The van der Waals surface area contributed by atoms with Crippen LogP contribution in [0.4, 0.5) is 0 Å². The van der Waals surface area contributed by atoms with Crippen molar-refractivity contribution in [1.29, 1.82) is 0 Å². The van der Waals surface area contributed by atoms with E-state index in [-0.39, 0.29) is 24.4 Å². The molecule has 0 unspecified atom stereocenters. The number of aliphatic carboxylic acids is 1. The number of aromatic nitrogens is 4. The Bertz CT molecular complexity index is 1150. The Balaban J connectivity index is 1.69. The molecule has 34 heavy (non-hydrogen) atoms. The van der Waals surface area contributed by atoms with Gasteiger partial charge in [-0.3, -0.25) is 14.6 Å². The zero-order valence-corrected chi connectivity index (χ0v) is 19.4. The molecule has 0 radical (unpaired) electrons. The number of piperazine rings is 1. The van der Waals surface area contributed by atoms with E-state index >= 15 is 0 Å². The average molecular weight is 463 g/mol. The quantitative estimate of drug-likeness (QED) is 0.492. The van der Waals surface area contributed by atoms with Crippen LogP contribution in [-0.2, 0) is 11.3 Å². The first kappa shape index (κ1) is 23.6. The number of phenolic OH excluding ortho intramolecular Hbond substituents is 1. The Hall–Kier alpha value is -3.56. The maximum absolute atomic E-state index is 11.1. The van der Waals surface area contributed by atoms with Crippen LogP contribution in [0.25, 0.3) is 11.4 Å². The molecule has 3 atom stereocenters. The van der Waals surface area contributed by atoms with E-state index in [1.54, 1.807) is 6.07 Å². The third-order valence-electron chi connectivity index (χ3n) is 6.35. The first-order chi connectivity index (χ1) is 16.4. The summed E-state index contributed by atoms with van der Waals surface area (Å²) in [7, 11) is 0. The summed E-state index contributed by atoms with van der Waals surface area (Å²) in [5, 5.41) is 30.7. The smallest absolute Gasteiger partial charge is 0.325 e.